The highest BCUT2D eigenvalue weighted by Crippen LogP contribution is 2.35. The van der Waals surface area contributed by atoms with E-state index in [2.05, 4.69) is 0 Å². The number of hydrogen-bond donors (Lipinski definition) is 4. The van der Waals surface area contributed by atoms with Gasteiger partial charge in [-0.1, -0.05) is 13.8 Å². The third kappa shape index (κ3) is 4.85. The molecule has 5 nitrogen and oxygen atoms in total. The zero-order valence-electron chi connectivity index (χ0n) is 7.21. The van der Waals surface area contributed by atoms with Crippen LogP contribution in [0.3, 0.4) is 0 Å². The van der Waals surface area contributed by atoms with E-state index in [0.717, 1.165) is 0 Å². The summed E-state index contributed by atoms with van der Waals surface area (Å²) in [4.78, 5) is 17.0. The fraction of sp³-hybridized carbons (Fsp3) is 1.00. The van der Waals surface area contributed by atoms with Crippen LogP contribution in [0.25, 0.3) is 0 Å². The summed E-state index contributed by atoms with van der Waals surface area (Å²) < 4.78 is 10.4. The Kier molecular flexibility index (Phi) is 4.37. The molecule has 0 rings (SSSR count). The van der Waals surface area contributed by atoms with Gasteiger partial charge in [0.25, 0.3) is 0 Å². The minimum Gasteiger partial charge on any atom is -0.391 e. The third-order valence-corrected chi connectivity index (χ3v) is 2.49. The van der Waals surface area contributed by atoms with E-state index in [1.807, 2.05) is 0 Å². The average molecular weight is 197 g/mol. The van der Waals surface area contributed by atoms with Crippen LogP contribution < -0.4 is 5.73 Å². The van der Waals surface area contributed by atoms with Gasteiger partial charge >= 0.3 is 7.60 Å². The lowest BCUT2D eigenvalue weighted by Gasteiger charge is -2.22. The molecule has 2 unspecified atom stereocenters. The van der Waals surface area contributed by atoms with Crippen molar-refractivity contribution < 1.29 is 19.5 Å². The summed E-state index contributed by atoms with van der Waals surface area (Å²) in [7, 11) is -4.15. The van der Waals surface area contributed by atoms with E-state index in [1.165, 1.54) is 0 Å². The lowest BCUT2D eigenvalue weighted by atomic mass is 10.0. The Hall–Kier alpha value is 0.0700. The average Bonchev–Trinajstić information content (AvgIpc) is 1.82. The normalized spacial score (nSPS) is 17.9. The predicted octanol–water partition coefficient (Wildman–Crippen LogP) is -0.492. The number of nitrogens with two attached hydrogens (primary N) is 1. The quantitative estimate of drug-likeness (QED) is 0.455. The van der Waals surface area contributed by atoms with Crippen molar-refractivity contribution in [3.8, 4) is 0 Å². The lowest BCUT2D eigenvalue weighted by molar-refractivity contribution is 0.139. The van der Waals surface area contributed by atoms with Gasteiger partial charge in [-0.3, -0.25) is 4.57 Å². The monoisotopic (exact) mass is 197 g/mol. The molecular formula is C6H16NO4P. The predicted molar refractivity (Wildman–Crippen MR) is 45.7 cm³/mol. The van der Waals surface area contributed by atoms with Gasteiger partial charge in [0.05, 0.1) is 12.3 Å². The van der Waals surface area contributed by atoms with Crippen LogP contribution in [0, 0.1) is 5.92 Å². The first kappa shape index (κ1) is 12.1. The molecule has 0 amide bonds. The summed E-state index contributed by atoms with van der Waals surface area (Å²) in [6.07, 6.45) is -1.70. The van der Waals surface area contributed by atoms with Gasteiger partial charge in [-0.25, -0.2) is 0 Å². The molecule has 2 atom stereocenters. The Morgan fingerprint density at radius 2 is 1.83 bits per heavy atom. The van der Waals surface area contributed by atoms with Gasteiger partial charge in [-0.2, -0.15) is 0 Å². The molecule has 0 aromatic rings. The van der Waals surface area contributed by atoms with E-state index in [0.29, 0.717) is 0 Å². The van der Waals surface area contributed by atoms with Crippen molar-refractivity contribution in [1.29, 1.82) is 0 Å². The number of aliphatic hydroxyl groups is 1. The van der Waals surface area contributed by atoms with Gasteiger partial charge in [0.15, 0.2) is 0 Å². The lowest BCUT2D eigenvalue weighted by Crippen LogP contribution is -2.41. The molecule has 0 spiro atoms. The van der Waals surface area contributed by atoms with E-state index < -0.39 is 25.9 Å². The second-order valence-corrected chi connectivity index (χ2v) is 4.93. The number of aliphatic hydroxyl groups excluding tert-OH is 1. The summed E-state index contributed by atoms with van der Waals surface area (Å²) in [5, 5.41) is 9.21. The third-order valence-electron chi connectivity index (χ3n) is 1.64. The van der Waals surface area contributed by atoms with Crippen LogP contribution in [-0.4, -0.2) is 33.2 Å². The van der Waals surface area contributed by atoms with Crippen LogP contribution in [-0.2, 0) is 4.57 Å². The molecule has 5 N–H and O–H groups in total. The molecule has 12 heavy (non-hydrogen) atoms. The Morgan fingerprint density at radius 1 is 1.42 bits per heavy atom. The summed E-state index contributed by atoms with van der Waals surface area (Å²) in [6, 6.07) is -0.586. The Balaban J connectivity index is 4.04. The molecule has 0 radical (unpaired) electrons. The Morgan fingerprint density at radius 3 is 2.08 bits per heavy atom. The van der Waals surface area contributed by atoms with E-state index in [-0.39, 0.29) is 5.92 Å². The van der Waals surface area contributed by atoms with Gasteiger partial charge < -0.3 is 20.6 Å². The van der Waals surface area contributed by atoms with E-state index >= 15 is 0 Å². The van der Waals surface area contributed by atoms with Crippen molar-refractivity contribution in [2.24, 2.45) is 11.7 Å². The molecule has 0 saturated carbocycles. The van der Waals surface area contributed by atoms with Crippen molar-refractivity contribution in [2.75, 3.05) is 6.16 Å². The molecular weight excluding hydrogens is 181 g/mol. The van der Waals surface area contributed by atoms with Gasteiger partial charge in [0, 0.05) is 6.04 Å². The molecule has 0 aliphatic carbocycles. The smallest absolute Gasteiger partial charge is 0.328 e. The van der Waals surface area contributed by atoms with E-state index in [9.17, 15) is 9.67 Å². The van der Waals surface area contributed by atoms with Crippen molar-refractivity contribution in [1.82, 2.24) is 0 Å². The van der Waals surface area contributed by atoms with Crippen molar-refractivity contribution in [2.45, 2.75) is 26.0 Å². The fourth-order valence-electron chi connectivity index (χ4n) is 0.810. The first-order valence-electron chi connectivity index (χ1n) is 3.72. The first-order valence-corrected chi connectivity index (χ1v) is 5.52. The fourth-order valence-corrected chi connectivity index (χ4v) is 1.54. The van der Waals surface area contributed by atoms with Crippen LogP contribution in [0.15, 0.2) is 0 Å². The molecule has 0 fully saturated rings. The topological polar surface area (TPSA) is 104 Å². The highest BCUT2D eigenvalue weighted by atomic mass is 31.2. The van der Waals surface area contributed by atoms with Crippen LogP contribution in [0.4, 0.5) is 0 Å². The summed E-state index contributed by atoms with van der Waals surface area (Å²) in [5.74, 6) is 0.00606. The standard InChI is InChI=1S/C6H16NO4P/c1-4(2)6(7)5(8)3-12(9,10)11/h4-6,8H,3,7H2,1-2H3,(H2,9,10,11). The van der Waals surface area contributed by atoms with Crippen molar-refractivity contribution in [3.63, 3.8) is 0 Å². The molecule has 0 saturated heterocycles. The van der Waals surface area contributed by atoms with Gasteiger partial charge in [-0.05, 0) is 5.92 Å². The maximum atomic E-state index is 10.4. The van der Waals surface area contributed by atoms with Crippen LogP contribution >= 0.6 is 7.60 Å². The number of hydrogen-bond acceptors (Lipinski definition) is 3. The maximum absolute atomic E-state index is 10.4. The molecule has 0 aliphatic rings. The van der Waals surface area contributed by atoms with Gasteiger partial charge in [-0.15, -0.1) is 0 Å². The summed E-state index contributed by atoms with van der Waals surface area (Å²) >= 11 is 0. The zero-order valence-corrected chi connectivity index (χ0v) is 8.11. The molecule has 6 heteroatoms. The van der Waals surface area contributed by atoms with Crippen LogP contribution in [0.2, 0.25) is 0 Å². The zero-order chi connectivity index (χ0) is 9.94. The molecule has 74 valence electrons. The van der Waals surface area contributed by atoms with Crippen LogP contribution in [0.5, 0.6) is 0 Å². The van der Waals surface area contributed by atoms with Gasteiger partial charge in [0.1, 0.15) is 0 Å². The summed E-state index contributed by atoms with van der Waals surface area (Å²) in [5.41, 5.74) is 5.47. The van der Waals surface area contributed by atoms with Gasteiger partial charge in [0.2, 0.25) is 0 Å². The summed E-state index contributed by atoms with van der Waals surface area (Å²) in [6.45, 7) is 3.57. The molecule has 0 bridgehead atoms. The van der Waals surface area contributed by atoms with Crippen molar-refractivity contribution >= 4 is 7.60 Å². The largest absolute Gasteiger partial charge is 0.391 e. The molecule has 0 aliphatic heterocycles. The first-order chi connectivity index (χ1) is 5.24. The SMILES string of the molecule is CC(C)C(N)C(O)CP(=O)(O)O. The highest BCUT2D eigenvalue weighted by molar-refractivity contribution is 7.51. The second-order valence-electron chi connectivity index (χ2n) is 3.24. The Bertz CT molecular complexity index is 178. The highest BCUT2D eigenvalue weighted by Gasteiger charge is 2.26. The molecule has 0 aromatic carbocycles. The molecule has 0 aromatic heterocycles. The minimum absolute atomic E-state index is 0.00606. The Labute approximate surface area is 71.7 Å². The van der Waals surface area contributed by atoms with E-state index in [1.54, 1.807) is 13.8 Å². The van der Waals surface area contributed by atoms with Crippen molar-refractivity contribution in [3.05, 3.63) is 0 Å². The second kappa shape index (κ2) is 4.35. The maximum Gasteiger partial charge on any atom is 0.328 e. The molecule has 0 heterocycles. The van der Waals surface area contributed by atoms with E-state index in [4.69, 9.17) is 15.5 Å². The minimum atomic E-state index is -4.15. The number of rotatable bonds is 4. The van der Waals surface area contributed by atoms with Crippen LogP contribution in [0.1, 0.15) is 13.8 Å².